The first-order valence-corrected chi connectivity index (χ1v) is 5.33. The molecule has 16 heavy (non-hydrogen) atoms. The standard InChI is InChI=1S/C9H9BrN6/c10-7-8(11)13-5-14-9(7)12-4-6-2-1-3-15-16-6/h1-3,5H,4H2,(H3,11,12,13,14). The molecule has 7 heteroatoms. The molecule has 3 N–H and O–H groups in total. The summed E-state index contributed by atoms with van der Waals surface area (Å²) in [5.41, 5.74) is 6.45. The van der Waals surface area contributed by atoms with Gasteiger partial charge < -0.3 is 11.1 Å². The number of anilines is 2. The number of rotatable bonds is 3. The minimum atomic E-state index is 0.400. The molecular weight excluding hydrogens is 272 g/mol. The molecule has 0 unspecified atom stereocenters. The first-order chi connectivity index (χ1) is 7.77. The van der Waals surface area contributed by atoms with Crippen molar-refractivity contribution in [3.8, 4) is 0 Å². The van der Waals surface area contributed by atoms with Crippen LogP contribution in [0.4, 0.5) is 11.6 Å². The monoisotopic (exact) mass is 280 g/mol. The van der Waals surface area contributed by atoms with Crippen LogP contribution in [0.2, 0.25) is 0 Å². The Hall–Kier alpha value is -1.76. The van der Waals surface area contributed by atoms with Crippen LogP contribution in [0, 0.1) is 0 Å². The van der Waals surface area contributed by atoms with Gasteiger partial charge in [-0.15, -0.1) is 0 Å². The predicted octanol–water partition coefficient (Wildman–Crippen LogP) is 1.22. The third kappa shape index (κ3) is 2.43. The Bertz CT molecular complexity index is 475. The van der Waals surface area contributed by atoms with E-state index in [1.165, 1.54) is 6.33 Å². The zero-order chi connectivity index (χ0) is 11.4. The van der Waals surface area contributed by atoms with Crippen LogP contribution in [-0.4, -0.2) is 20.2 Å². The molecule has 2 rings (SSSR count). The summed E-state index contributed by atoms with van der Waals surface area (Å²) in [6, 6.07) is 3.70. The Kier molecular flexibility index (Phi) is 3.25. The molecule has 0 amide bonds. The van der Waals surface area contributed by atoms with Gasteiger partial charge in [0, 0.05) is 6.20 Å². The molecule has 0 aliphatic heterocycles. The molecule has 0 aliphatic carbocycles. The minimum Gasteiger partial charge on any atom is -0.383 e. The van der Waals surface area contributed by atoms with Crippen molar-refractivity contribution in [1.29, 1.82) is 0 Å². The quantitative estimate of drug-likeness (QED) is 0.879. The highest BCUT2D eigenvalue weighted by atomic mass is 79.9. The zero-order valence-electron chi connectivity index (χ0n) is 8.26. The summed E-state index contributed by atoms with van der Waals surface area (Å²) >= 11 is 3.31. The first kappa shape index (κ1) is 10.7. The van der Waals surface area contributed by atoms with Gasteiger partial charge in [-0.1, -0.05) is 0 Å². The minimum absolute atomic E-state index is 0.400. The van der Waals surface area contributed by atoms with Crippen LogP contribution < -0.4 is 11.1 Å². The van der Waals surface area contributed by atoms with Crippen molar-refractivity contribution in [3.05, 3.63) is 34.8 Å². The summed E-state index contributed by atoms with van der Waals surface area (Å²) in [4.78, 5) is 7.90. The topological polar surface area (TPSA) is 89.6 Å². The molecule has 0 aromatic carbocycles. The van der Waals surface area contributed by atoms with Crippen LogP contribution in [0.15, 0.2) is 29.1 Å². The molecule has 82 valence electrons. The molecule has 0 saturated carbocycles. The summed E-state index contributed by atoms with van der Waals surface area (Å²) < 4.78 is 0.652. The van der Waals surface area contributed by atoms with E-state index in [0.29, 0.717) is 22.7 Å². The van der Waals surface area contributed by atoms with Gasteiger partial charge in [0.1, 0.15) is 22.4 Å². The van der Waals surface area contributed by atoms with Crippen LogP contribution in [0.5, 0.6) is 0 Å². The number of aromatic nitrogens is 4. The van der Waals surface area contributed by atoms with Crippen LogP contribution in [-0.2, 0) is 6.54 Å². The zero-order valence-corrected chi connectivity index (χ0v) is 9.85. The molecule has 0 fully saturated rings. The molecule has 0 aliphatic rings. The van der Waals surface area contributed by atoms with Crippen LogP contribution in [0.25, 0.3) is 0 Å². The average Bonchev–Trinajstić information content (AvgIpc) is 2.32. The number of nitrogens with one attached hydrogen (secondary N) is 1. The summed E-state index contributed by atoms with van der Waals surface area (Å²) in [6.45, 7) is 0.531. The second-order valence-corrected chi connectivity index (χ2v) is 3.78. The lowest BCUT2D eigenvalue weighted by molar-refractivity contribution is 0.918. The fraction of sp³-hybridized carbons (Fsp3) is 0.111. The highest BCUT2D eigenvalue weighted by Gasteiger charge is 2.05. The molecule has 2 aromatic heterocycles. The molecule has 0 atom stereocenters. The summed E-state index contributed by atoms with van der Waals surface area (Å²) in [6.07, 6.45) is 3.03. The molecule has 2 aromatic rings. The fourth-order valence-electron chi connectivity index (χ4n) is 1.11. The number of nitrogens with two attached hydrogens (primary N) is 1. The summed E-state index contributed by atoms with van der Waals surface area (Å²) in [5, 5.41) is 10.8. The second kappa shape index (κ2) is 4.84. The summed E-state index contributed by atoms with van der Waals surface area (Å²) in [7, 11) is 0. The molecule has 0 radical (unpaired) electrons. The van der Waals surface area contributed by atoms with Gasteiger partial charge in [-0.25, -0.2) is 9.97 Å². The van der Waals surface area contributed by atoms with E-state index in [1.54, 1.807) is 6.20 Å². The number of halogens is 1. The van der Waals surface area contributed by atoms with Crippen molar-refractivity contribution in [3.63, 3.8) is 0 Å². The highest BCUT2D eigenvalue weighted by Crippen LogP contribution is 2.23. The number of nitrogen functional groups attached to an aromatic ring is 1. The third-order valence-corrected chi connectivity index (χ3v) is 2.66. The SMILES string of the molecule is Nc1ncnc(NCc2cccnn2)c1Br. The Morgan fingerprint density at radius 1 is 1.38 bits per heavy atom. The van der Waals surface area contributed by atoms with Crippen molar-refractivity contribution in [1.82, 2.24) is 20.2 Å². The van der Waals surface area contributed by atoms with Crippen molar-refractivity contribution in [2.24, 2.45) is 0 Å². The van der Waals surface area contributed by atoms with Crippen molar-refractivity contribution in [2.45, 2.75) is 6.54 Å². The van der Waals surface area contributed by atoms with E-state index in [0.717, 1.165) is 5.69 Å². The van der Waals surface area contributed by atoms with E-state index in [1.807, 2.05) is 12.1 Å². The Morgan fingerprint density at radius 2 is 2.25 bits per heavy atom. The van der Waals surface area contributed by atoms with E-state index in [4.69, 9.17) is 5.73 Å². The van der Waals surface area contributed by atoms with Gasteiger partial charge in [-0.3, -0.25) is 0 Å². The lowest BCUT2D eigenvalue weighted by Gasteiger charge is -2.07. The van der Waals surface area contributed by atoms with Crippen LogP contribution in [0.1, 0.15) is 5.69 Å². The van der Waals surface area contributed by atoms with Crippen LogP contribution in [0.3, 0.4) is 0 Å². The lowest BCUT2D eigenvalue weighted by Crippen LogP contribution is -2.06. The van der Waals surface area contributed by atoms with Gasteiger partial charge in [0.25, 0.3) is 0 Å². The fourth-order valence-corrected chi connectivity index (χ4v) is 1.45. The Labute approximate surface area is 100 Å². The first-order valence-electron chi connectivity index (χ1n) is 4.54. The largest absolute Gasteiger partial charge is 0.383 e. The average molecular weight is 281 g/mol. The molecule has 0 saturated heterocycles. The normalized spacial score (nSPS) is 10.1. The number of hydrogen-bond acceptors (Lipinski definition) is 6. The van der Waals surface area contributed by atoms with E-state index >= 15 is 0 Å². The van der Waals surface area contributed by atoms with E-state index < -0.39 is 0 Å². The maximum atomic E-state index is 5.62. The second-order valence-electron chi connectivity index (χ2n) is 2.99. The van der Waals surface area contributed by atoms with Gasteiger partial charge in [0.05, 0.1) is 12.2 Å². The predicted molar refractivity (Wildman–Crippen MR) is 63.5 cm³/mol. The van der Waals surface area contributed by atoms with Gasteiger partial charge in [-0.05, 0) is 28.1 Å². The van der Waals surface area contributed by atoms with Gasteiger partial charge in [0.15, 0.2) is 0 Å². The smallest absolute Gasteiger partial charge is 0.146 e. The summed E-state index contributed by atoms with van der Waals surface area (Å²) in [5.74, 6) is 1.04. The van der Waals surface area contributed by atoms with Gasteiger partial charge in [0.2, 0.25) is 0 Å². The van der Waals surface area contributed by atoms with E-state index in [-0.39, 0.29) is 0 Å². The van der Waals surface area contributed by atoms with Gasteiger partial charge in [-0.2, -0.15) is 10.2 Å². The molecule has 0 spiro atoms. The Morgan fingerprint density at radius 3 is 3.00 bits per heavy atom. The van der Waals surface area contributed by atoms with Crippen molar-refractivity contribution < 1.29 is 0 Å². The van der Waals surface area contributed by atoms with E-state index in [9.17, 15) is 0 Å². The lowest BCUT2D eigenvalue weighted by atomic mass is 10.4. The maximum Gasteiger partial charge on any atom is 0.146 e. The van der Waals surface area contributed by atoms with Gasteiger partial charge >= 0.3 is 0 Å². The van der Waals surface area contributed by atoms with Crippen molar-refractivity contribution >= 4 is 27.6 Å². The van der Waals surface area contributed by atoms with Crippen LogP contribution >= 0.6 is 15.9 Å². The number of hydrogen-bond donors (Lipinski definition) is 2. The molecule has 6 nitrogen and oxygen atoms in total. The Balaban J connectivity index is 2.08. The third-order valence-electron chi connectivity index (χ3n) is 1.88. The molecular formula is C9H9BrN6. The molecule has 0 bridgehead atoms. The maximum absolute atomic E-state index is 5.62. The molecule has 2 heterocycles. The van der Waals surface area contributed by atoms with E-state index in [2.05, 4.69) is 41.4 Å². The number of nitrogens with zero attached hydrogens (tertiary/aromatic N) is 4. The highest BCUT2D eigenvalue weighted by molar-refractivity contribution is 9.10. The van der Waals surface area contributed by atoms with Crippen molar-refractivity contribution in [2.75, 3.05) is 11.1 Å².